The zero-order valence-electron chi connectivity index (χ0n) is 8.42. The van der Waals surface area contributed by atoms with E-state index in [-0.39, 0.29) is 6.42 Å². The summed E-state index contributed by atoms with van der Waals surface area (Å²) in [4.78, 5) is 10.7. The van der Waals surface area contributed by atoms with Crippen LogP contribution >= 0.6 is 0 Å². The number of hydrogen-bond acceptors (Lipinski definition) is 1. The van der Waals surface area contributed by atoms with Crippen molar-refractivity contribution in [2.75, 3.05) is 0 Å². The average Bonchev–Trinajstić information content (AvgIpc) is 2.44. The fourth-order valence-corrected chi connectivity index (χ4v) is 2.33. The van der Waals surface area contributed by atoms with Crippen LogP contribution in [-0.4, -0.2) is 15.6 Å². The third-order valence-electron chi connectivity index (χ3n) is 2.94. The van der Waals surface area contributed by atoms with E-state index in [0.29, 0.717) is 0 Å². The lowest BCUT2D eigenvalue weighted by Crippen LogP contribution is -2.07. The normalized spacial score (nSPS) is 15.2. The van der Waals surface area contributed by atoms with E-state index in [4.69, 9.17) is 5.11 Å². The van der Waals surface area contributed by atoms with Gasteiger partial charge in [-0.3, -0.25) is 4.79 Å². The van der Waals surface area contributed by atoms with Gasteiger partial charge in [-0.15, -0.1) is 0 Å². The highest BCUT2D eigenvalue weighted by molar-refractivity contribution is 5.71. The minimum atomic E-state index is -0.732. The molecule has 0 aliphatic heterocycles. The standard InChI is InChI=1S/C11H15NO2/c1-12-7-8(6-11(13)14)9-4-2-3-5-10(9)12/h7H,2-6H2,1H3,(H,13,14). The average molecular weight is 193 g/mol. The minimum absolute atomic E-state index is 0.170. The Balaban J connectivity index is 2.36. The minimum Gasteiger partial charge on any atom is -0.481 e. The van der Waals surface area contributed by atoms with E-state index in [1.165, 1.54) is 24.1 Å². The van der Waals surface area contributed by atoms with E-state index in [0.717, 1.165) is 18.4 Å². The molecule has 2 rings (SSSR count). The van der Waals surface area contributed by atoms with Crippen LogP contribution in [0, 0.1) is 0 Å². The van der Waals surface area contributed by atoms with Crippen LogP contribution in [0.3, 0.4) is 0 Å². The Kier molecular flexibility index (Phi) is 2.32. The molecule has 0 amide bonds. The molecule has 0 unspecified atom stereocenters. The molecule has 0 aromatic carbocycles. The molecular weight excluding hydrogens is 178 g/mol. The van der Waals surface area contributed by atoms with E-state index in [1.54, 1.807) is 0 Å². The van der Waals surface area contributed by atoms with Gasteiger partial charge in [0.25, 0.3) is 0 Å². The fraction of sp³-hybridized carbons (Fsp3) is 0.545. The number of carboxylic acids is 1. The predicted molar refractivity (Wildman–Crippen MR) is 53.4 cm³/mol. The summed E-state index contributed by atoms with van der Waals surface area (Å²) in [6, 6.07) is 0. The summed E-state index contributed by atoms with van der Waals surface area (Å²) < 4.78 is 2.09. The third kappa shape index (κ3) is 1.54. The van der Waals surface area contributed by atoms with Gasteiger partial charge in [0.2, 0.25) is 0 Å². The molecule has 3 nitrogen and oxygen atoms in total. The summed E-state index contributed by atoms with van der Waals surface area (Å²) in [5.41, 5.74) is 3.64. The van der Waals surface area contributed by atoms with Crippen molar-refractivity contribution in [1.82, 2.24) is 4.57 Å². The van der Waals surface area contributed by atoms with Crippen molar-refractivity contribution in [3.05, 3.63) is 23.0 Å². The molecule has 3 heteroatoms. The van der Waals surface area contributed by atoms with Crippen molar-refractivity contribution in [3.63, 3.8) is 0 Å². The summed E-state index contributed by atoms with van der Waals surface area (Å²) in [5, 5.41) is 8.77. The molecular formula is C11H15NO2. The van der Waals surface area contributed by atoms with Gasteiger partial charge in [0.05, 0.1) is 6.42 Å². The van der Waals surface area contributed by atoms with Crippen LogP contribution < -0.4 is 0 Å². The van der Waals surface area contributed by atoms with Crippen LogP contribution in [0.4, 0.5) is 0 Å². The van der Waals surface area contributed by atoms with Crippen molar-refractivity contribution < 1.29 is 9.90 Å². The van der Waals surface area contributed by atoms with Crippen molar-refractivity contribution >= 4 is 5.97 Å². The van der Waals surface area contributed by atoms with Gasteiger partial charge in [-0.2, -0.15) is 0 Å². The first-order valence-electron chi connectivity index (χ1n) is 5.06. The van der Waals surface area contributed by atoms with Gasteiger partial charge < -0.3 is 9.67 Å². The summed E-state index contributed by atoms with van der Waals surface area (Å²) in [7, 11) is 2.01. The maximum atomic E-state index is 10.7. The second-order valence-electron chi connectivity index (χ2n) is 3.97. The van der Waals surface area contributed by atoms with Gasteiger partial charge in [0, 0.05) is 18.9 Å². The van der Waals surface area contributed by atoms with Crippen LogP contribution in [0.1, 0.15) is 29.7 Å². The van der Waals surface area contributed by atoms with Crippen LogP contribution in [0.5, 0.6) is 0 Å². The SMILES string of the molecule is Cn1cc(CC(=O)O)c2c1CCCC2. The van der Waals surface area contributed by atoms with Crippen LogP contribution in [0.2, 0.25) is 0 Å². The van der Waals surface area contributed by atoms with E-state index in [9.17, 15) is 4.79 Å². The smallest absolute Gasteiger partial charge is 0.307 e. The van der Waals surface area contributed by atoms with Crippen LogP contribution in [0.15, 0.2) is 6.20 Å². The Morgan fingerprint density at radius 1 is 1.50 bits per heavy atom. The number of aromatic nitrogens is 1. The number of carboxylic acid groups (broad SMARTS) is 1. The van der Waals surface area contributed by atoms with E-state index in [1.807, 2.05) is 13.2 Å². The summed E-state index contributed by atoms with van der Waals surface area (Å²) in [5.74, 6) is -0.732. The van der Waals surface area contributed by atoms with Gasteiger partial charge in [-0.25, -0.2) is 0 Å². The van der Waals surface area contributed by atoms with Gasteiger partial charge >= 0.3 is 5.97 Å². The lowest BCUT2D eigenvalue weighted by molar-refractivity contribution is -0.136. The number of carbonyl (C=O) groups is 1. The van der Waals surface area contributed by atoms with E-state index in [2.05, 4.69) is 4.57 Å². The number of fused-ring (bicyclic) bond motifs is 1. The van der Waals surface area contributed by atoms with Gasteiger partial charge in [0.1, 0.15) is 0 Å². The predicted octanol–water partition coefficient (Wildman–Crippen LogP) is 1.53. The second kappa shape index (κ2) is 3.48. The lowest BCUT2D eigenvalue weighted by atomic mass is 9.94. The number of aryl methyl sites for hydroxylation is 1. The largest absolute Gasteiger partial charge is 0.481 e. The highest BCUT2D eigenvalue weighted by Gasteiger charge is 2.18. The van der Waals surface area contributed by atoms with Crippen LogP contribution in [-0.2, 0) is 31.1 Å². The number of hydrogen-bond donors (Lipinski definition) is 1. The quantitative estimate of drug-likeness (QED) is 0.774. The Morgan fingerprint density at radius 3 is 2.93 bits per heavy atom. The Bertz CT molecular complexity index is 366. The molecule has 0 spiro atoms. The molecule has 76 valence electrons. The first kappa shape index (κ1) is 9.31. The molecule has 0 bridgehead atoms. The molecule has 0 atom stereocenters. The van der Waals surface area contributed by atoms with Crippen molar-refractivity contribution in [1.29, 1.82) is 0 Å². The second-order valence-corrected chi connectivity index (χ2v) is 3.97. The first-order valence-corrected chi connectivity index (χ1v) is 5.06. The fourth-order valence-electron chi connectivity index (χ4n) is 2.33. The molecule has 1 aromatic rings. The zero-order chi connectivity index (χ0) is 10.1. The van der Waals surface area contributed by atoms with E-state index < -0.39 is 5.97 Å². The third-order valence-corrected chi connectivity index (χ3v) is 2.94. The Labute approximate surface area is 83.4 Å². The molecule has 0 radical (unpaired) electrons. The topological polar surface area (TPSA) is 42.2 Å². The molecule has 0 saturated heterocycles. The Morgan fingerprint density at radius 2 is 2.21 bits per heavy atom. The van der Waals surface area contributed by atoms with Crippen molar-refractivity contribution in [2.24, 2.45) is 7.05 Å². The van der Waals surface area contributed by atoms with Gasteiger partial charge in [0.15, 0.2) is 0 Å². The number of nitrogens with zero attached hydrogens (tertiary/aromatic N) is 1. The number of aliphatic carboxylic acids is 1. The maximum Gasteiger partial charge on any atom is 0.307 e. The lowest BCUT2D eigenvalue weighted by Gasteiger charge is -2.13. The molecule has 0 fully saturated rings. The highest BCUT2D eigenvalue weighted by Crippen LogP contribution is 2.26. The van der Waals surface area contributed by atoms with Crippen molar-refractivity contribution in [2.45, 2.75) is 32.1 Å². The molecule has 0 saturated carbocycles. The Hall–Kier alpha value is -1.25. The maximum absolute atomic E-state index is 10.7. The molecule has 1 aromatic heterocycles. The van der Waals surface area contributed by atoms with Crippen molar-refractivity contribution in [3.8, 4) is 0 Å². The summed E-state index contributed by atoms with van der Waals surface area (Å²) in [6.45, 7) is 0. The van der Waals surface area contributed by atoms with Crippen LogP contribution in [0.25, 0.3) is 0 Å². The molecule has 1 N–H and O–H groups in total. The molecule has 1 aliphatic carbocycles. The molecule has 1 aliphatic rings. The summed E-state index contributed by atoms with van der Waals surface area (Å²) in [6.07, 6.45) is 6.73. The number of rotatable bonds is 2. The highest BCUT2D eigenvalue weighted by atomic mass is 16.4. The van der Waals surface area contributed by atoms with E-state index >= 15 is 0 Å². The monoisotopic (exact) mass is 193 g/mol. The molecule has 14 heavy (non-hydrogen) atoms. The zero-order valence-corrected chi connectivity index (χ0v) is 8.42. The first-order chi connectivity index (χ1) is 6.68. The van der Waals surface area contributed by atoms with Gasteiger partial charge in [-0.05, 0) is 36.8 Å². The summed E-state index contributed by atoms with van der Waals surface area (Å²) >= 11 is 0. The van der Waals surface area contributed by atoms with Gasteiger partial charge in [-0.1, -0.05) is 0 Å². The molecule has 1 heterocycles.